The maximum atomic E-state index is 10.9. The zero-order valence-electron chi connectivity index (χ0n) is 15.9. The topological polar surface area (TPSA) is 147 Å². The van der Waals surface area contributed by atoms with E-state index >= 15 is 0 Å². The second-order valence-corrected chi connectivity index (χ2v) is 10.7. The van der Waals surface area contributed by atoms with E-state index in [2.05, 4.69) is 9.97 Å². The van der Waals surface area contributed by atoms with Crippen molar-refractivity contribution >= 4 is 42.0 Å². The van der Waals surface area contributed by atoms with Crippen molar-refractivity contribution in [3.63, 3.8) is 0 Å². The van der Waals surface area contributed by atoms with E-state index in [0.717, 1.165) is 23.3 Å². The molecule has 30 heavy (non-hydrogen) atoms. The van der Waals surface area contributed by atoms with Gasteiger partial charge < -0.3 is 34.0 Å². The molecular weight excluding hydrogens is 457 g/mol. The largest absolute Gasteiger partial charge is 0.387 e. The molecule has 4 atom stereocenters. The van der Waals surface area contributed by atoms with Gasteiger partial charge in [0, 0.05) is 11.4 Å². The number of rotatable bonds is 7. The molecule has 10 nitrogen and oxygen atoms in total. The van der Waals surface area contributed by atoms with Gasteiger partial charge in [-0.15, -0.1) is 11.8 Å². The summed E-state index contributed by atoms with van der Waals surface area (Å²) >= 11 is 7.82. The molecule has 0 radical (unpaired) electrons. The molecule has 3 heterocycles. The number of thioether (sulfide) groups is 1. The number of halogens is 1. The first-order valence-corrected chi connectivity index (χ1v) is 12.6. The highest BCUT2D eigenvalue weighted by Crippen LogP contribution is 2.39. The molecule has 0 amide bonds. The van der Waals surface area contributed by atoms with Gasteiger partial charge in [-0.2, -0.15) is 4.98 Å². The van der Waals surface area contributed by atoms with Crippen molar-refractivity contribution in [1.29, 1.82) is 0 Å². The van der Waals surface area contributed by atoms with E-state index in [1.165, 1.54) is 12.8 Å². The molecule has 0 unspecified atom stereocenters. The van der Waals surface area contributed by atoms with Crippen molar-refractivity contribution < 1.29 is 34.0 Å². The fourth-order valence-electron chi connectivity index (χ4n) is 3.82. The normalized spacial score (nSPS) is 28.0. The second-order valence-electron chi connectivity index (χ2n) is 7.49. The average molecular weight is 480 g/mol. The molecule has 1 saturated heterocycles. The molecule has 166 valence electrons. The smallest absolute Gasteiger partial charge is 0.350 e. The maximum absolute atomic E-state index is 10.9. The third-order valence-corrected chi connectivity index (χ3v) is 7.27. The van der Waals surface area contributed by atoms with E-state index in [1.807, 2.05) is 6.07 Å². The summed E-state index contributed by atoms with van der Waals surface area (Å²) in [6.45, 7) is -0.280. The predicted molar refractivity (Wildman–Crippen MR) is 109 cm³/mol. The van der Waals surface area contributed by atoms with E-state index in [4.69, 9.17) is 30.9 Å². The Balaban J connectivity index is 1.55. The maximum Gasteiger partial charge on any atom is 0.350 e. The molecule has 1 aliphatic carbocycles. The van der Waals surface area contributed by atoms with Gasteiger partial charge in [-0.1, -0.05) is 12.8 Å². The molecule has 0 aromatic carbocycles. The van der Waals surface area contributed by atoms with Crippen LogP contribution < -0.4 is 0 Å². The Labute approximate surface area is 181 Å². The minimum atomic E-state index is -4.34. The highest BCUT2D eigenvalue weighted by atomic mass is 35.5. The molecule has 1 aliphatic heterocycles. The van der Waals surface area contributed by atoms with Gasteiger partial charge in [0.25, 0.3) is 0 Å². The third kappa shape index (κ3) is 4.85. The van der Waals surface area contributed by atoms with Gasteiger partial charge in [0.05, 0.1) is 12.0 Å². The minimum absolute atomic E-state index is 0.0810. The first kappa shape index (κ1) is 22.4. The Kier molecular flexibility index (Phi) is 6.74. The number of hydrogen-bond acceptors (Lipinski definition) is 8. The van der Waals surface area contributed by atoms with Gasteiger partial charge in [0.15, 0.2) is 6.23 Å². The van der Waals surface area contributed by atoms with E-state index in [9.17, 15) is 14.8 Å². The molecular formula is C17H23ClN3O7PS. The van der Waals surface area contributed by atoms with Crippen LogP contribution in [0.5, 0.6) is 0 Å². The number of aromatic nitrogens is 3. The SMILES string of the molecule is O=P(O)(O)COC[C@H]1O[C@@H](n2ccc3c(SC4CCCC4)nc(Cl)nc32)[C@H](O)[C@@H]1O. The van der Waals surface area contributed by atoms with Crippen LogP contribution in [-0.4, -0.2) is 71.1 Å². The summed E-state index contributed by atoms with van der Waals surface area (Å²) in [5, 5.41) is 22.9. The lowest BCUT2D eigenvalue weighted by Gasteiger charge is -2.18. The monoisotopic (exact) mass is 479 g/mol. The lowest BCUT2D eigenvalue weighted by atomic mass is 10.1. The molecule has 0 spiro atoms. The van der Waals surface area contributed by atoms with Crippen molar-refractivity contribution in [2.75, 3.05) is 13.0 Å². The van der Waals surface area contributed by atoms with Crippen LogP contribution in [0.1, 0.15) is 31.9 Å². The average Bonchev–Trinajstić information content (AvgIpc) is 3.37. The fourth-order valence-corrected chi connectivity index (χ4v) is 5.69. The van der Waals surface area contributed by atoms with Gasteiger partial charge in [-0.05, 0) is 30.5 Å². The summed E-state index contributed by atoms with van der Waals surface area (Å²) in [7, 11) is -4.34. The van der Waals surface area contributed by atoms with E-state index in [0.29, 0.717) is 10.9 Å². The van der Waals surface area contributed by atoms with Gasteiger partial charge in [-0.25, -0.2) is 4.98 Å². The number of aliphatic hydroxyl groups excluding tert-OH is 2. The summed E-state index contributed by atoms with van der Waals surface area (Å²) < 4.78 is 23.2. The Hall–Kier alpha value is -0.750. The van der Waals surface area contributed by atoms with Crippen LogP contribution in [0.25, 0.3) is 11.0 Å². The Morgan fingerprint density at radius 3 is 2.70 bits per heavy atom. The van der Waals surface area contributed by atoms with Crippen molar-refractivity contribution in [2.24, 2.45) is 0 Å². The van der Waals surface area contributed by atoms with E-state index in [-0.39, 0.29) is 11.9 Å². The fraction of sp³-hybridized carbons (Fsp3) is 0.647. The van der Waals surface area contributed by atoms with Crippen molar-refractivity contribution in [1.82, 2.24) is 14.5 Å². The number of hydrogen-bond donors (Lipinski definition) is 4. The lowest BCUT2D eigenvalue weighted by Crippen LogP contribution is -2.33. The standard InChI is InChI=1S/C17H23ClN3O7PS/c18-17-19-14-10(15(20-17)30-9-3-1-2-4-9)5-6-21(14)16-13(23)12(22)11(28-16)7-27-8-29(24,25)26/h5-6,9,11-13,16,22-23H,1-4,7-8H2,(H2,24,25,26)/t11-,12-,13-,16-/m1/s1. The molecule has 2 aromatic rings. The number of aliphatic hydroxyl groups is 2. The van der Waals surface area contributed by atoms with Crippen LogP contribution in [0.3, 0.4) is 0 Å². The van der Waals surface area contributed by atoms with Crippen molar-refractivity contribution in [3.05, 3.63) is 17.5 Å². The lowest BCUT2D eigenvalue weighted by molar-refractivity contribution is -0.0610. The molecule has 4 rings (SSSR count). The van der Waals surface area contributed by atoms with Crippen LogP contribution in [0.4, 0.5) is 0 Å². The molecule has 4 N–H and O–H groups in total. The van der Waals surface area contributed by atoms with Crippen LogP contribution in [0.2, 0.25) is 5.28 Å². The van der Waals surface area contributed by atoms with Crippen LogP contribution in [0.15, 0.2) is 17.3 Å². The molecule has 2 aromatic heterocycles. The quantitative estimate of drug-likeness (QED) is 0.263. The zero-order chi connectivity index (χ0) is 21.5. The Bertz CT molecular complexity index is 951. The van der Waals surface area contributed by atoms with Crippen molar-refractivity contribution in [3.8, 4) is 0 Å². The van der Waals surface area contributed by atoms with E-state index in [1.54, 1.807) is 22.5 Å². The van der Waals surface area contributed by atoms with Gasteiger partial charge >= 0.3 is 7.60 Å². The summed E-state index contributed by atoms with van der Waals surface area (Å²) in [6.07, 6.45) is 1.04. The number of fused-ring (bicyclic) bond motifs is 1. The van der Waals surface area contributed by atoms with E-state index < -0.39 is 38.5 Å². The summed E-state index contributed by atoms with van der Waals surface area (Å²) in [6, 6.07) is 1.82. The zero-order valence-corrected chi connectivity index (χ0v) is 18.3. The van der Waals surface area contributed by atoms with Gasteiger partial charge in [0.2, 0.25) is 5.28 Å². The first-order valence-electron chi connectivity index (χ1n) is 9.57. The predicted octanol–water partition coefficient (Wildman–Crippen LogP) is 1.89. The highest BCUT2D eigenvalue weighted by Gasteiger charge is 2.44. The summed E-state index contributed by atoms with van der Waals surface area (Å²) in [5.41, 5.74) is 0.475. The summed E-state index contributed by atoms with van der Waals surface area (Å²) in [4.78, 5) is 26.4. The Morgan fingerprint density at radius 2 is 2.00 bits per heavy atom. The van der Waals surface area contributed by atoms with Crippen LogP contribution >= 0.6 is 31.0 Å². The molecule has 2 aliphatic rings. The first-order chi connectivity index (χ1) is 14.2. The third-order valence-electron chi connectivity index (χ3n) is 5.24. The molecule has 1 saturated carbocycles. The molecule has 0 bridgehead atoms. The van der Waals surface area contributed by atoms with Crippen molar-refractivity contribution in [2.45, 2.75) is 60.5 Å². The van der Waals surface area contributed by atoms with Gasteiger partial charge in [-0.3, -0.25) is 4.57 Å². The molecule has 13 heteroatoms. The van der Waals surface area contributed by atoms with Crippen LogP contribution in [-0.2, 0) is 14.0 Å². The second kappa shape index (κ2) is 9.01. The highest BCUT2D eigenvalue weighted by molar-refractivity contribution is 8.00. The summed E-state index contributed by atoms with van der Waals surface area (Å²) in [5.74, 6) is 0. The van der Waals surface area contributed by atoms with Gasteiger partial charge in [0.1, 0.15) is 35.3 Å². The number of ether oxygens (including phenoxy) is 2. The minimum Gasteiger partial charge on any atom is -0.387 e. The molecule has 2 fully saturated rings. The van der Waals surface area contributed by atoms with Crippen LogP contribution in [0, 0.1) is 0 Å². The Morgan fingerprint density at radius 1 is 1.27 bits per heavy atom. The number of nitrogens with zero attached hydrogens (tertiary/aromatic N) is 3.